The fourth-order valence-electron chi connectivity index (χ4n) is 1.01. The summed E-state index contributed by atoms with van der Waals surface area (Å²) in [6.07, 6.45) is 0.864. The zero-order chi connectivity index (χ0) is 12.7. The molecule has 0 spiro atoms. The first-order valence-corrected chi connectivity index (χ1v) is 5.04. The molecule has 0 aromatic carbocycles. The fourth-order valence-corrected chi connectivity index (χ4v) is 1.01. The standard InChI is InChI=1S/C10H14N4O3/c1-3-17-10(16)14-8-5-4-7(6-12-8)13-9(15)11-2/h4-6H,3H2,1-2H3,(H2,11,13,15)(H,12,14,16). The third-order valence-electron chi connectivity index (χ3n) is 1.75. The zero-order valence-corrected chi connectivity index (χ0v) is 9.61. The second kappa shape index (κ2) is 6.31. The van der Waals surface area contributed by atoms with Crippen molar-refractivity contribution < 1.29 is 14.3 Å². The topological polar surface area (TPSA) is 92.4 Å². The summed E-state index contributed by atoms with van der Waals surface area (Å²) in [6, 6.07) is 2.84. The molecule has 0 saturated heterocycles. The number of amides is 3. The van der Waals surface area contributed by atoms with Crippen molar-refractivity contribution in [1.82, 2.24) is 10.3 Å². The van der Waals surface area contributed by atoms with Crippen LogP contribution < -0.4 is 16.0 Å². The van der Waals surface area contributed by atoms with Crippen LogP contribution in [0.25, 0.3) is 0 Å². The molecule has 1 aromatic rings. The Morgan fingerprint density at radius 2 is 2.12 bits per heavy atom. The predicted octanol–water partition coefficient (Wildman–Crippen LogP) is 1.40. The summed E-state index contributed by atoms with van der Waals surface area (Å²) < 4.78 is 4.69. The quantitative estimate of drug-likeness (QED) is 0.742. The third kappa shape index (κ3) is 4.37. The normalized spacial score (nSPS) is 9.29. The molecule has 0 saturated carbocycles. The molecule has 0 aliphatic heterocycles. The number of ether oxygens (including phenoxy) is 1. The fraction of sp³-hybridized carbons (Fsp3) is 0.300. The Morgan fingerprint density at radius 1 is 1.35 bits per heavy atom. The molecule has 0 bridgehead atoms. The van der Waals surface area contributed by atoms with E-state index in [4.69, 9.17) is 0 Å². The van der Waals surface area contributed by atoms with E-state index in [1.807, 2.05) is 0 Å². The molecule has 1 heterocycles. The predicted molar refractivity (Wildman–Crippen MR) is 63.0 cm³/mol. The number of pyridine rings is 1. The lowest BCUT2D eigenvalue weighted by atomic mass is 10.4. The van der Waals surface area contributed by atoms with E-state index in [0.29, 0.717) is 18.1 Å². The second-order valence-corrected chi connectivity index (χ2v) is 2.98. The molecule has 7 heteroatoms. The summed E-state index contributed by atoms with van der Waals surface area (Å²) in [5.41, 5.74) is 0.527. The van der Waals surface area contributed by atoms with Crippen LogP contribution in [0.4, 0.5) is 21.1 Å². The maximum Gasteiger partial charge on any atom is 0.412 e. The highest BCUT2D eigenvalue weighted by Gasteiger charge is 2.03. The lowest BCUT2D eigenvalue weighted by molar-refractivity contribution is 0.168. The summed E-state index contributed by atoms with van der Waals surface area (Å²) in [7, 11) is 1.51. The molecule has 0 fully saturated rings. The largest absolute Gasteiger partial charge is 0.450 e. The number of hydrogen-bond acceptors (Lipinski definition) is 4. The monoisotopic (exact) mass is 238 g/mol. The Kier molecular flexibility index (Phi) is 4.74. The number of rotatable bonds is 3. The zero-order valence-electron chi connectivity index (χ0n) is 9.61. The average molecular weight is 238 g/mol. The minimum atomic E-state index is -0.563. The first kappa shape index (κ1) is 12.8. The Morgan fingerprint density at radius 3 is 2.65 bits per heavy atom. The van der Waals surface area contributed by atoms with Crippen molar-refractivity contribution in [1.29, 1.82) is 0 Å². The van der Waals surface area contributed by atoms with Crippen molar-refractivity contribution >= 4 is 23.6 Å². The van der Waals surface area contributed by atoms with E-state index in [2.05, 4.69) is 25.7 Å². The molecule has 0 atom stereocenters. The molecule has 0 radical (unpaired) electrons. The van der Waals surface area contributed by atoms with E-state index in [0.717, 1.165) is 0 Å². The van der Waals surface area contributed by atoms with Gasteiger partial charge in [0.05, 0.1) is 18.5 Å². The van der Waals surface area contributed by atoms with Crippen molar-refractivity contribution in [2.75, 3.05) is 24.3 Å². The third-order valence-corrected chi connectivity index (χ3v) is 1.75. The van der Waals surface area contributed by atoms with E-state index in [1.165, 1.54) is 13.2 Å². The van der Waals surface area contributed by atoms with Crippen LogP contribution in [0.15, 0.2) is 18.3 Å². The lowest BCUT2D eigenvalue weighted by Gasteiger charge is -2.06. The van der Waals surface area contributed by atoms with Crippen molar-refractivity contribution in [3.05, 3.63) is 18.3 Å². The van der Waals surface area contributed by atoms with E-state index < -0.39 is 6.09 Å². The molecule has 17 heavy (non-hydrogen) atoms. The maximum absolute atomic E-state index is 11.1. The van der Waals surface area contributed by atoms with Gasteiger partial charge in [-0.2, -0.15) is 0 Å². The smallest absolute Gasteiger partial charge is 0.412 e. The molecule has 1 aromatic heterocycles. The molecule has 92 valence electrons. The molecule has 0 aliphatic carbocycles. The van der Waals surface area contributed by atoms with Crippen molar-refractivity contribution in [2.45, 2.75) is 6.92 Å². The molecule has 3 amide bonds. The van der Waals surface area contributed by atoms with Crippen LogP contribution in [0.3, 0.4) is 0 Å². The summed E-state index contributed by atoms with van der Waals surface area (Å²) >= 11 is 0. The Balaban J connectivity index is 2.55. The van der Waals surface area contributed by atoms with E-state index in [1.54, 1.807) is 19.1 Å². The number of anilines is 2. The molecule has 1 rings (SSSR count). The van der Waals surface area contributed by atoms with Gasteiger partial charge in [0, 0.05) is 7.05 Å². The van der Waals surface area contributed by atoms with E-state index in [-0.39, 0.29) is 6.03 Å². The van der Waals surface area contributed by atoms with Crippen LogP contribution in [0.2, 0.25) is 0 Å². The van der Waals surface area contributed by atoms with Gasteiger partial charge in [-0.1, -0.05) is 0 Å². The summed E-state index contributed by atoms with van der Waals surface area (Å²) in [6.45, 7) is 2.01. The molecule has 3 N–H and O–H groups in total. The van der Waals surface area contributed by atoms with Crippen molar-refractivity contribution in [3.63, 3.8) is 0 Å². The Bertz CT molecular complexity index is 391. The van der Waals surface area contributed by atoms with Gasteiger partial charge in [-0.15, -0.1) is 0 Å². The van der Waals surface area contributed by atoms with Gasteiger partial charge >= 0.3 is 12.1 Å². The van der Waals surface area contributed by atoms with Gasteiger partial charge in [-0.3, -0.25) is 5.32 Å². The van der Waals surface area contributed by atoms with Crippen molar-refractivity contribution in [3.8, 4) is 0 Å². The van der Waals surface area contributed by atoms with E-state index in [9.17, 15) is 9.59 Å². The molecule has 0 unspecified atom stereocenters. The number of aromatic nitrogens is 1. The average Bonchev–Trinajstić information content (AvgIpc) is 2.32. The Labute approximate surface area is 98.6 Å². The summed E-state index contributed by atoms with van der Waals surface area (Å²) in [4.78, 5) is 26.0. The highest BCUT2D eigenvalue weighted by Crippen LogP contribution is 2.09. The SMILES string of the molecule is CCOC(=O)Nc1ccc(NC(=O)NC)cn1. The summed E-state index contributed by atoms with van der Waals surface area (Å²) in [5.74, 6) is 0.353. The van der Waals surface area contributed by atoms with Crippen LogP contribution >= 0.6 is 0 Å². The molecule has 7 nitrogen and oxygen atoms in total. The first-order valence-electron chi connectivity index (χ1n) is 5.04. The van der Waals surface area contributed by atoms with Gasteiger partial charge < -0.3 is 15.4 Å². The highest BCUT2D eigenvalue weighted by atomic mass is 16.5. The first-order chi connectivity index (χ1) is 8.15. The number of urea groups is 1. The van der Waals surface area contributed by atoms with Gasteiger partial charge in [0.2, 0.25) is 0 Å². The molecule has 0 aliphatic rings. The van der Waals surface area contributed by atoms with Gasteiger partial charge in [0.25, 0.3) is 0 Å². The minimum absolute atomic E-state index is 0.294. The van der Waals surface area contributed by atoms with Crippen LogP contribution in [-0.4, -0.2) is 30.8 Å². The minimum Gasteiger partial charge on any atom is -0.450 e. The van der Waals surface area contributed by atoms with Gasteiger partial charge in [-0.25, -0.2) is 14.6 Å². The second-order valence-electron chi connectivity index (χ2n) is 2.98. The van der Waals surface area contributed by atoms with E-state index >= 15 is 0 Å². The maximum atomic E-state index is 11.1. The van der Waals surface area contributed by atoms with Gasteiger partial charge in [0.1, 0.15) is 5.82 Å². The number of carbonyl (C=O) groups excluding carboxylic acids is 2. The highest BCUT2D eigenvalue weighted by molar-refractivity contribution is 5.89. The summed E-state index contributed by atoms with van der Waals surface area (Å²) in [5, 5.41) is 7.39. The van der Waals surface area contributed by atoms with Crippen LogP contribution in [0.1, 0.15) is 6.92 Å². The number of hydrogen-bond donors (Lipinski definition) is 3. The molecular weight excluding hydrogens is 224 g/mol. The van der Waals surface area contributed by atoms with Crippen molar-refractivity contribution in [2.24, 2.45) is 0 Å². The van der Waals surface area contributed by atoms with Crippen LogP contribution in [-0.2, 0) is 4.74 Å². The van der Waals surface area contributed by atoms with Gasteiger partial charge in [0.15, 0.2) is 0 Å². The molecular formula is C10H14N4O3. The number of nitrogens with zero attached hydrogens (tertiary/aromatic N) is 1. The Hall–Kier alpha value is -2.31. The van der Waals surface area contributed by atoms with Crippen LogP contribution in [0, 0.1) is 0 Å². The number of carbonyl (C=O) groups is 2. The van der Waals surface area contributed by atoms with Gasteiger partial charge in [-0.05, 0) is 19.1 Å². The van der Waals surface area contributed by atoms with Crippen LogP contribution in [0.5, 0.6) is 0 Å². The lowest BCUT2D eigenvalue weighted by Crippen LogP contribution is -2.24. The number of nitrogens with one attached hydrogen (secondary N) is 3.